The molecule has 4 atom stereocenters. The molecule has 1 saturated carbocycles. The molecule has 0 bridgehead atoms. The van der Waals surface area contributed by atoms with Crippen molar-refractivity contribution >= 4 is 12.0 Å². The molecular formula is C25H33F3N2O3. The molecule has 8 heteroatoms. The Balaban J connectivity index is 1.43. The number of rotatable bonds is 5. The topological polar surface area (TPSA) is 58.6 Å². The Morgan fingerprint density at radius 3 is 2.82 bits per heavy atom. The van der Waals surface area contributed by atoms with Crippen molar-refractivity contribution in [1.82, 2.24) is 10.2 Å². The summed E-state index contributed by atoms with van der Waals surface area (Å²) in [6.07, 6.45) is 2.70. The van der Waals surface area contributed by atoms with Crippen LogP contribution in [0.25, 0.3) is 0 Å². The second kappa shape index (κ2) is 9.55. The molecule has 4 rings (SSSR count). The molecule has 1 aromatic carbocycles. The van der Waals surface area contributed by atoms with E-state index >= 15 is 0 Å². The summed E-state index contributed by atoms with van der Waals surface area (Å²) in [5, 5.41) is 2.63. The van der Waals surface area contributed by atoms with Crippen LogP contribution in [0.4, 0.5) is 18.0 Å². The average Bonchev–Trinajstić information content (AvgIpc) is 3.14. The lowest BCUT2D eigenvalue weighted by molar-refractivity contribution is -0.141. The quantitative estimate of drug-likeness (QED) is 0.608. The molecule has 3 aliphatic rings. The smallest absolute Gasteiger partial charge is 0.416 e. The van der Waals surface area contributed by atoms with E-state index in [1.807, 2.05) is 0 Å². The van der Waals surface area contributed by atoms with Crippen LogP contribution in [-0.4, -0.2) is 35.1 Å². The van der Waals surface area contributed by atoms with E-state index in [0.717, 1.165) is 63.6 Å². The van der Waals surface area contributed by atoms with Gasteiger partial charge in [-0.1, -0.05) is 25.5 Å². The van der Waals surface area contributed by atoms with Gasteiger partial charge < -0.3 is 15.0 Å². The predicted molar refractivity (Wildman–Crippen MR) is 117 cm³/mol. The molecule has 0 radical (unpaired) electrons. The Kier molecular flexibility index (Phi) is 6.91. The summed E-state index contributed by atoms with van der Waals surface area (Å²) < 4.78 is 44.7. The van der Waals surface area contributed by atoms with Crippen LogP contribution in [0.2, 0.25) is 0 Å². The number of alkyl halides is 3. The van der Waals surface area contributed by atoms with Crippen molar-refractivity contribution in [1.29, 1.82) is 0 Å². The number of nitrogens with zero attached hydrogens (tertiary/aromatic N) is 1. The number of alkyl carbamates (subject to hydrolysis) is 1. The van der Waals surface area contributed by atoms with E-state index in [1.54, 1.807) is 6.07 Å². The molecule has 2 heterocycles. The molecular weight excluding hydrogens is 433 g/mol. The highest BCUT2D eigenvalue weighted by Crippen LogP contribution is 2.53. The Bertz CT molecular complexity index is 875. The van der Waals surface area contributed by atoms with Crippen LogP contribution in [0.15, 0.2) is 24.3 Å². The maximum Gasteiger partial charge on any atom is 0.416 e. The van der Waals surface area contributed by atoms with Crippen LogP contribution in [0, 0.1) is 11.8 Å². The van der Waals surface area contributed by atoms with Crippen molar-refractivity contribution in [2.24, 2.45) is 11.8 Å². The number of carbonyl (C=O) groups is 2. The van der Waals surface area contributed by atoms with Gasteiger partial charge in [-0.15, -0.1) is 0 Å². The van der Waals surface area contributed by atoms with Crippen LogP contribution in [0.5, 0.6) is 0 Å². The van der Waals surface area contributed by atoms with Gasteiger partial charge in [0.1, 0.15) is 6.10 Å². The highest BCUT2D eigenvalue weighted by atomic mass is 19.4. The number of hydrogen-bond donors (Lipinski definition) is 1. The Labute approximate surface area is 193 Å². The first-order chi connectivity index (χ1) is 15.7. The van der Waals surface area contributed by atoms with Crippen molar-refractivity contribution in [3.05, 3.63) is 35.4 Å². The lowest BCUT2D eigenvalue weighted by Crippen LogP contribution is -2.58. The molecule has 182 valence electrons. The zero-order valence-corrected chi connectivity index (χ0v) is 19.1. The van der Waals surface area contributed by atoms with E-state index in [2.05, 4.69) is 17.1 Å². The first-order valence-electron chi connectivity index (χ1n) is 12.2. The van der Waals surface area contributed by atoms with E-state index in [9.17, 15) is 22.8 Å². The standard InChI is InChI=1S/C25H33F3N2O3/c1-2-6-19-20-9-4-10-22(31)30-14-5-12-24(20,30)13-11-21(19)33-23(32)29-16-17-7-3-8-18(15-17)25(26,27)28/h3,7-8,15,19-21H,2,4-6,9-14,16H2,1H3,(H,29,32)/t19-,20+,21+,24-/m1/s1. The summed E-state index contributed by atoms with van der Waals surface area (Å²) in [4.78, 5) is 27.5. The minimum atomic E-state index is -4.42. The van der Waals surface area contributed by atoms with Gasteiger partial charge in [0.2, 0.25) is 5.91 Å². The average molecular weight is 467 g/mol. The normalized spacial score (nSPS) is 29.8. The third kappa shape index (κ3) is 4.85. The van der Waals surface area contributed by atoms with Gasteiger partial charge in [0.15, 0.2) is 0 Å². The van der Waals surface area contributed by atoms with Crippen LogP contribution in [0.3, 0.4) is 0 Å². The lowest BCUT2D eigenvalue weighted by Gasteiger charge is -2.52. The second-order valence-corrected chi connectivity index (χ2v) is 9.74. The molecule has 3 fully saturated rings. The van der Waals surface area contributed by atoms with Crippen LogP contribution in [0.1, 0.15) is 75.8 Å². The molecule has 5 nitrogen and oxygen atoms in total. The zero-order chi connectivity index (χ0) is 23.6. The van der Waals surface area contributed by atoms with Crippen molar-refractivity contribution in [2.45, 2.75) is 89.1 Å². The summed E-state index contributed by atoms with van der Waals surface area (Å²) >= 11 is 0. The summed E-state index contributed by atoms with van der Waals surface area (Å²) in [7, 11) is 0. The first kappa shape index (κ1) is 23.9. The lowest BCUT2D eigenvalue weighted by atomic mass is 9.62. The number of amides is 2. The van der Waals surface area contributed by atoms with Crippen molar-refractivity contribution < 1.29 is 27.5 Å². The SMILES string of the molecule is CCC[C@H]1[C@@H](OC(=O)NCc2cccc(C(F)(F)F)c2)CC[C@@]23CCCN2C(=O)CCC[C@@H]13. The number of benzene rings is 1. The van der Waals surface area contributed by atoms with Gasteiger partial charge in [0.05, 0.1) is 5.56 Å². The summed E-state index contributed by atoms with van der Waals surface area (Å²) in [6.45, 7) is 2.93. The molecule has 2 amide bonds. The van der Waals surface area contributed by atoms with Crippen molar-refractivity contribution in [3.8, 4) is 0 Å². The number of carbonyl (C=O) groups excluding carboxylic acids is 2. The van der Waals surface area contributed by atoms with Crippen molar-refractivity contribution in [2.75, 3.05) is 6.54 Å². The molecule has 2 saturated heterocycles. The Hall–Kier alpha value is -2.25. The van der Waals surface area contributed by atoms with Gasteiger partial charge in [-0.3, -0.25) is 4.79 Å². The monoisotopic (exact) mass is 466 g/mol. The molecule has 1 spiro atoms. The summed E-state index contributed by atoms with van der Waals surface area (Å²) in [5.74, 6) is 0.777. The second-order valence-electron chi connectivity index (χ2n) is 9.74. The number of ether oxygens (including phenoxy) is 1. The van der Waals surface area contributed by atoms with Gasteiger partial charge in [-0.2, -0.15) is 13.2 Å². The molecule has 1 N–H and O–H groups in total. The predicted octanol–water partition coefficient (Wildman–Crippen LogP) is 5.67. The largest absolute Gasteiger partial charge is 0.446 e. The number of halogens is 3. The number of nitrogens with one attached hydrogen (secondary N) is 1. The molecule has 0 aromatic heterocycles. The molecule has 2 aliphatic heterocycles. The highest BCUT2D eigenvalue weighted by Gasteiger charge is 2.56. The molecule has 0 unspecified atom stereocenters. The van der Waals surface area contributed by atoms with E-state index in [1.165, 1.54) is 6.07 Å². The maximum atomic E-state index is 12.9. The zero-order valence-electron chi connectivity index (χ0n) is 19.1. The Morgan fingerprint density at radius 2 is 2.06 bits per heavy atom. The van der Waals surface area contributed by atoms with E-state index in [4.69, 9.17) is 4.74 Å². The van der Waals surface area contributed by atoms with E-state index in [-0.39, 0.29) is 30.0 Å². The van der Waals surface area contributed by atoms with Crippen molar-refractivity contribution in [3.63, 3.8) is 0 Å². The maximum absolute atomic E-state index is 12.9. The fourth-order valence-corrected chi connectivity index (χ4v) is 6.54. The third-order valence-electron chi connectivity index (χ3n) is 7.85. The third-order valence-corrected chi connectivity index (χ3v) is 7.85. The summed E-state index contributed by atoms with van der Waals surface area (Å²) in [5.41, 5.74) is -0.458. The van der Waals surface area contributed by atoms with Crippen LogP contribution < -0.4 is 5.32 Å². The van der Waals surface area contributed by atoms with E-state index in [0.29, 0.717) is 24.3 Å². The van der Waals surface area contributed by atoms with E-state index < -0.39 is 17.8 Å². The molecule has 33 heavy (non-hydrogen) atoms. The molecule has 1 aromatic rings. The first-order valence-corrected chi connectivity index (χ1v) is 12.2. The number of hydrogen-bond acceptors (Lipinski definition) is 3. The van der Waals surface area contributed by atoms with Gasteiger partial charge in [-0.25, -0.2) is 4.79 Å². The minimum Gasteiger partial charge on any atom is -0.446 e. The summed E-state index contributed by atoms with van der Waals surface area (Å²) in [6, 6.07) is 4.95. The fourth-order valence-electron chi connectivity index (χ4n) is 6.54. The Morgan fingerprint density at radius 1 is 1.24 bits per heavy atom. The molecule has 1 aliphatic carbocycles. The highest BCUT2D eigenvalue weighted by molar-refractivity contribution is 5.78. The van der Waals surface area contributed by atoms with Gasteiger partial charge >= 0.3 is 12.3 Å². The van der Waals surface area contributed by atoms with Gasteiger partial charge in [-0.05, 0) is 68.6 Å². The fraction of sp³-hybridized carbons (Fsp3) is 0.680. The van der Waals surface area contributed by atoms with Gasteiger partial charge in [0, 0.05) is 31.0 Å². The van der Waals surface area contributed by atoms with Gasteiger partial charge in [0.25, 0.3) is 0 Å². The van der Waals surface area contributed by atoms with Crippen LogP contribution in [-0.2, 0) is 22.3 Å². The minimum absolute atomic E-state index is 0.0242. The van der Waals surface area contributed by atoms with Crippen LogP contribution >= 0.6 is 0 Å².